The summed E-state index contributed by atoms with van der Waals surface area (Å²) in [7, 11) is 1.97. The zero-order valence-electron chi connectivity index (χ0n) is 12.0. The normalized spacial score (nSPS) is 30.0. The average Bonchev–Trinajstić information content (AvgIpc) is 3.22. The highest BCUT2D eigenvalue weighted by Gasteiger charge is 2.37. The minimum absolute atomic E-state index is 0.0218. The molecule has 1 heterocycles. The number of aliphatic hydroxyl groups excluding tert-OH is 1. The zero-order chi connectivity index (χ0) is 14.5. The Bertz CT molecular complexity index is 376. The van der Waals surface area contributed by atoms with Gasteiger partial charge in [-0.3, -0.25) is 9.69 Å². The number of hydrogen-bond donors (Lipinski definition) is 2. The second-order valence-corrected chi connectivity index (χ2v) is 5.84. The van der Waals surface area contributed by atoms with Gasteiger partial charge in [0.05, 0.1) is 18.8 Å². The Balaban J connectivity index is 1.77. The molecule has 2 N–H and O–H groups in total. The number of rotatable bonds is 6. The van der Waals surface area contributed by atoms with Crippen LogP contribution in [0.5, 0.6) is 0 Å². The summed E-state index contributed by atoms with van der Waals surface area (Å²) in [4.78, 5) is 14.1. The first kappa shape index (κ1) is 15.3. The summed E-state index contributed by atoms with van der Waals surface area (Å²) in [5.41, 5.74) is 0. The summed E-state index contributed by atoms with van der Waals surface area (Å²) in [6.07, 6.45) is 8.19. The predicted octanol–water partition coefficient (Wildman–Crippen LogP) is 0.129. The van der Waals surface area contributed by atoms with Gasteiger partial charge in [0.2, 0.25) is 0 Å². The van der Waals surface area contributed by atoms with Crippen LogP contribution in [-0.2, 0) is 9.53 Å². The van der Waals surface area contributed by atoms with Gasteiger partial charge in [0.1, 0.15) is 0 Å². The molecule has 0 radical (unpaired) electrons. The number of nitrogens with zero attached hydrogens (tertiary/aromatic N) is 1. The molecule has 5 heteroatoms. The van der Waals surface area contributed by atoms with Crippen molar-refractivity contribution in [3.8, 4) is 12.3 Å². The Kier molecular flexibility index (Phi) is 5.41. The smallest absolute Gasteiger partial charge is 0.252 e. The van der Waals surface area contributed by atoms with Crippen LogP contribution in [0.2, 0.25) is 0 Å². The maximum absolute atomic E-state index is 12.0. The number of hydrogen-bond acceptors (Lipinski definition) is 4. The van der Waals surface area contributed by atoms with E-state index in [9.17, 15) is 9.90 Å². The van der Waals surface area contributed by atoms with Crippen molar-refractivity contribution >= 4 is 5.91 Å². The van der Waals surface area contributed by atoms with E-state index in [4.69, 9.17) is 11.2 Å². The van der Waals surface area contributed by atoms with Crippen molar-refractivity contribution in [2.75, 3.05) is 20.1 Å². The van der Waals surface area contributed by atoms with E-state index in [-0.39, 0.29) is 12.0 Å². The van der Waals surface area contributed by atoms with Gasteiger partial charge in [0, 0.05) is 12.6 Å². The Morgan fingerprint density at radius 1 is 1.45 bits per heavy atom. The lowest BCUT2D eigenvalue weighted by Gasteiger charge is -2.33. The van der Waals surface area contributed by atoms with Crippen LogP contribution in [0.25, 0.3) is 0 Å². The van der Waals surface area contributed by atoms with Crippen molar-refractivity contribution in [3.05, 3.63) is 0 Å². The van der Waals surface area contributed by atoms with Crippen molar-refractivity contribution in [3.63, 3.8) is 0 Å². The van der Waals surface area contributed by atoms with Crippen LogP contribution in [0.4, 0.5) is 0 Å². The van der Waals surface area contributed by atoms with Gasteiger partial charge in [-0.1, -0.05) is 5.92 Å². The molecule has 20 heavy (non-hydrogen) atoms. The summed E-state index contributed by atoms with van der Waals surface area (Å²) in [5, 5.41) is 12.8. The summed E-state index contributed by atoms with van der Waals surface area (Å²) in [5.74, 6) is 2.43. The molecule has 0 aromatic rings. The van der Waals surface area contributed by atoms with Crippen molar-refractivity contribution in [2.45, 2.75) is 56.5 Å². The molecule has 3 atom stereocenters. The molecule has 112 valence electrons. The van der Waals surface area contributed by atoms with Gasteiger partial charge < -0.3 is 15.2 Å². The molecule has 0 aromatic heterocycles. The van der Waals surface area contributed by atoms with Gasteiger partial charge in [0.25, 0.3) is 5.91 Å². The number of carbonyl (C=O) groups excluding carboxylic acids is 1. The molecule has 5 nitrogen and oxygen atoms in total. The quantitative estimate of drug-likeness (QED) is 0.679. The fourth-order valence-electron chi connectivity index (χ4n) is 2.43. The van der Waals surface area contributed by atoms with Crippen molar-refractivity contribution < 1.29 is 14.6 Å². The number of ether oxygens (including phenoxy) is 1. The molecule has 0 spiro atoms. The minimum atomic E-state index is -0.715. The molecule has 0 unspecified atom stereocenters. The molecule has 0 bridgehead atoms. The molecule has 2 rings (SSSR count). The largest absolute Gasteiger partial charge is 0.390 e. The summed E-state index contributed by atoms with van der Waals surface area (Å²) >= 11 is 0. The number of amides is 1. The molecular weight excluding hydrogens is 256 g/mol. The summed E-state index contributed by atoms with van der Waals surface area (Å²) in [6.45, 7) is 1.45. The summed E-state index contributed by atoms with van der Waals surface area (Å²) < 4.78 is 5.78. The maximum Gasteiger partial charge on any atom is 0.252 e. The van der Waals surface area contributed by atoms with Crippen LogP contribution in [0.3, 0.4) is 0 Å². The lowest BCUT2D eigenvalue weighted by molar-refractivity contribution is -0.158. The number of aliphatic hydroxyl groups is 1. The zero-order valence-corrected chi connectivity index (χ0v) is 12.0. The number of nitrogens with one attached hydrogen (secondary N) is 1. The fraction of sp³-hybridized carbons (Fsp3) is 0.800. The van der Waals surface area contributed by atoms with E-state index in [1.54, 1.807) is 0 Å². The molecule has 2 fully saturated rings. The maximum atomic E-state index is 12.0. The highest BCUT2D eigenvalue weighted by molar-refractivity contribution is 5.82. The van der Waals surface area contributed by atoms with E-state index in [2.05, 4.69) is 11.2 Å². The van der Waals surface area contributed by atoms with Gasteiger partial charge >= 0.3 is 0 Å². The highest BCUT2D eigenvalue weighted by Crippen LogP contribution is 2.24. The highest BCUT2D eigenvalue weighted by atomic mass is 16.5. The topological polar surface area (TPSA) is 61.8 Å². The number of terminal acetylenes is 1. The lowest BCUT2D eigenvalue weighted by Crippen LogP contribution is -2.49. The molecular formula is C15H24N2O3. The van der Waals surface area contributed by atoms with Crippen LogP contribution in [0, 0.1) is 12.3 Å². The standard InChI is InChI=1S/C15H24N2O3/c1-3-9-17(2)10-8-12-6-7-13(18)14(20-12)15(19)16-11-4-5-11/h1,11-14,18H,4-10H2,2H3,(H,16,19)/t12-,13-,14-/m0/s1. The monoisotopic (exact) mass is 280 g/mol. The van der Waals surface area contributed by atoms with Crippen molar-refractivity contribution in [1.82, 2.24) is 10.2 Å². The van der Waals surface area contributed by atoms with Crippen molar-refractivity contribution in [1.29, 1.82) is 0 Å². The van der Waals surface area contributed by atoms with Crippen LogP contribution in [0.15, 0.2) is 0 Å². The fourth-order valence-corrected chi connectivity index (χ4v) is 2.43. The Hall–Kier alpha value is -1.09. The molecule has 0 aromatic carbocycles. The lowest BCUT2D eigenvalue weighted by atomic mass is 9.98. The Labute approximate surface area is 120 Å². The third-order valence-corrected chi connectivity index (χ3v) is 3.85. The van der Waals surface area contributed by atoms with Gasteiger partial charge in [-0.25, -0.2) is 0 Å². The predicted molar refractivity (Wildman–Crippen MR) is 76.0 cm³/mol. The van der Waals surface area contributed by atoms with Crippen molar-refractivity contribution in [2.24, 2.45) is 0 Å². The molecule has 1 aliphatic carbocycles. The molecule has 1 saturated heterocycles. The first-order valence-corrected chi connectivity index (χ1v) is 7.36. The third-order valence-electron chi connectivity index (χ3n) is 3.85. The van der Waals surface area contributed by atoms with E-state index < -0.39 is 12.2 Å². The van der Waals surface area contributed by atoms with Crippen LogP contribution < -0.4 is 5.32 Å². The van der Waals surface area contributed by atoms with E-state index in [1.807, 2.05) is 11.9 Å². The van der Waals surface area contributed by atoms with Crippen LogP contribution >= 0.6 is 0 Å². The Morgan fingerprint density at radius 2 is 2.20 bits per heavy atom. The van der Waals surface area contributed by atoms with Gasteiger partial charge in [0.15, 0.2) is 6.10 Å². The molecule has 1 aliphatic heterocycles. The second-order valence-electron chi connectivity index (χ2n) is 5.84. The van der Waals surface area contributed by atoms with E-state index in [1.165, 1.54) is 0 Å². The molecule has 2 aliphatic rings. The SMILES string of the molecule is C#CCN(C)CC[C@@H]1CC[C@H](O)[C@@H](C(=O)NC2CC2)O1. The average molecular weight is 280 g/mol. The third kappa shape index (κ3) is 4.48. The minimum Gasteiger partial charge on any atom is -0.390 e. The van der Waals surface area contributed by atoms with Crippen LogP contribution in [0.1, 0.15) is 32.1 Å². The van der Waals surface area contributed by atoms with Gasteiger partial charge in [-0.2, -0.15) is 0 Å². The van der Waals surface area contributed by atoms with Crippen LogP contribution in [-0.4, -0.2) is 60.4 Å². The molecule has 1 saturated carbocycles. The van der Waals surface area contributed by atoms with Gasteiger partial charge in [-0.15, -0.1) is 6.42 Å². The van der Waals surface area contributed by atoms with E-state index >= 15 is 0 Å². The second kappa shape index (κ2) is 7.07. The first-order valence-electron chi connectivity index (χ1n) is 7.36. The molecule has 1 amide bonds. The first-order chi connectivity index (χ1) is 9.60. The van der Waals surface area contributed by atoms with Gasteiger partial charge in [-0.05, 0) is 39.2 Å². The van der Waals surface area contributed by atoms with E-state index in [0.29, 0.717) is 19.0 Å². The number of carbonyl (C=O) groups is 1. The summed E-state index contributed by atoms with van der Waals surface area (Å²) in [6, 6.07) is 0.292. The van der Waals surface area contributed by atoms with E-state index in [0.717, 1.165) is 32.2 Å². The Morgan fingerprint density at radius 3 is 2.85 bits per heavy atom.